The van der Waals surface area contributed by atoms with E-state index < -0.39 is 36.4 Å². The molecule has 2 fully saturated rings. The normalized spacial score (nSPS) is 22.3. The van der Waals surface area contributed by atoms with Crippen LogP contribution in [0.4, 0.5) is 0 Å². The number of aromatic nitrogens is 1. The van der Waals surface area contributed by atoms with Crippen molar-refractivity contribution in [3.63, 3.8) is 0 Å². The number of rotatable bonds is 9. The van der Waals surface area contributed by atoms with Crippen LogP contribution >= 0.6 is 0 Å². The van der Waals surface area contributed by atoms with Gasteiger partial charge in [0.15, 0.2) is 12.2 Å². The van der Waals surface area contributed by atoms with E-state index in [0.29, 0.717) is 5.92 Å². The molecule has 2 saturated heterocycles. The lowest BCUT2D eigenvalue weighted by Gasteiger charge is -2.23. The molecule has 190 valence electrons. The number of nitrogens with zero attached hydrogens (tertiary/aromatic N) is 1. The largest absolute Gasteiger partial charge is 0.489 e. The molecule has 3 rings (SSSR count). The van der Waals surface area contributed by atoms with Crippen molar-refractivity contribution < 1.29 is 49.7 Å². The number of ether oxygens (including phenoxy) is 2. The van der Waals surface area contributed by atoms with Crippen LogP contribution in [0, 0.1) is 5.92 Å². The van der Waals surface area contributed by atoms with Crippen LogP contribution in [-0.4, -0.2) is 104 Å². The molecule has 1 aromatic rings. The van der Waals surface area contributed by atoms with Crippen molar-refractivity contribution in [2.75, 3.05) is 26.3 Å². The number of carboxylic acids is 2. The maximum atomic E-state index is 10.1. The smallest absolute Gasteiger partial charge is 0.335 e. The third-order valence-electron chi connectivity index (χ3n) is 5.37. The number of nitrogens with one attached hydrogen (secondary N) is 1. The van der Waals surface area contributed by atoms with Crippen LogP contribution in [-0.2, 0) is 14.3 Å². The molecule has 1 unspecified atom stereocenters. The van der Waals surface area contributed by atoms with E-state index in [4.69, 9.17) is 40.1 Å². The van der Waals surface area contributed by atoms with Gasteiger partial charge >= 0.3 is 11.9 Å². The van der Waals surface area contributed by atoms with E-state index in [-0.39, 0.29) is 6.10 Å². The van der Waals surface area contributed by atoms with Crippen molar-refractivity contribution in [2.45, 2.75) is 49.8 Å². The summed E-state index contributed by atoms with van der Waals surface area (Å²) in [5.41, 5.74) is 1.11. The van der Waals surface area contributed by atoms with E-state index in [1.807, 2.05) is 6.20 Å². The summed E-state index contributed by atoms with van der Waals surface area (Å²) in [5, 5.41) is 54.8. The Morgan fingerprint density at radius 2 is 1.65 bits per heavy atom. The summed E-state index contributed by atoms with van der Waals surface area (Å²) >= 11 is 0. The number of aliphatic carboxylic acids is 2. The van der Waals surface area contributed by atoms with Crippen molar-refractivity contribution in [2.24, 2.45) is 5.92 Å². The van der Waals surface area contributed by atoms with Gasteiger partial charge in [0.2, 0.25) is 0 Å². The Kier molecular flexibility index (Phi) is 11.3. The number of hydrogen-bond donors (Lipinski definition) is 7. The maximum Gasteiger partial charge on any atom is 0.335 e. The molecule has 1 aromatic heterocycles. The molecule has 0 amide bonds. The average molecular weight is 485 g/mol. The summed E-state index contributed by atoms with van der Waals surface area (Å²) in [5.74, 6) is -2.16. The van der Waals surface area contributed by atoms with E-state index in [9.17, 15) is 9.59 Å². The van der Waals surface area contributed by atoms with Gasteiger partial charge in [0, 0.05) is 25.6 Å². The van der Waals surface area contributed by atoms with Gasteiger partial charge in [0.25, 0.3) is 0 Å². The Balaban J connectivity index is 0.000000259. The Hall–Kier alpha value is -2.61. The van der Waals surface area contributed by atoms with E-state index in [0.717, 1.165) is 50.5 Å². The lowest BCUT2D eigenvalue weighted by molar-refractivity contribution is -0.172. The van der Waals surface area contributed by atoms with E-state index >= 15 is 0 Å². The molecule has 2 aliphatic rings. The van der Waals surface area contributed by atoms with Crippen molar-refractivity contribution in [3.8, 4) is 5.75 Å². The third-order valence-corrected chi connectivity index (χ3v) is 5.37. The molecule has 2 aliphatic heterocycles. The first-order valence-electron chi connectivity index (χ1n) is 10.9. The number of carboxylic acid groups (broad SMARTS) is 2. The summed E-state index contributed by atoms with van der Waals surface area (Å²) < 4.78 is 11.3. The standard InChI is InChI=1S/C16H22N2O2.C6H10O8/c1(13-3-6-17-10-13)2-14-9-16(12-18-11-14)20-15-4-7-19-8-5-15;7-1(3(9)5(11)12)2(8)4(10)6(13)14/h1-2,9,11-13,15,17H,3-8,10H2;1-4,7-10H,(H,11,12)(H,13,14)/b2-1+;/t;1-,2+,3+,4-. The van der Waals surface area contributed by atoms with Gasteiger partial charge in [-0.15, -0.1) is 0 Å². The van der Waals surface area contributed by atoms with Crippen LogP contribution in [0.1, 0.15) is 24.8 Å². The summed E-state index contributed by atoms with van der Waals surface area (Å²) in [6.07, 6.45) is 2.25. The average Bonchev–Trinajstić information content (AvgIpc) is 3.36. The fourth-order valence-electron chi connectivity index (χ4n) is 3.33. The van der Waals surface area contributed by atoms with Gasteiger partial charge in [-0.2, -0.15) is 0 Å². The lowest BCUT2D eigenvalue weighted by atomic mass is 10.0. The first-order valence-corrected chi connectivity index (χ1v) is 10.9. The zero-order valence-corrected chi connectivity index (χ0v) is 18.6. The van der Waals surface area contributed by atoms with E-state index in [1.54, 1.807) is 6.20 Å². The van der Waals surface area contributed by atoms with Gasteiger partial charge in [0.1, 0.15) is 24.1 Å². The molecule has 7 N–H and O–H groups in total. The number of hydrogen-bond acceptors (Lipinski definition) is 10. The van der Waals surface area contributed by atoms with Crippen LogP contribution in [0.5, 0.6) is 5.75 Å². The minimum absolute atomic E-state index is 0.267. The molecule has 12 nitrogen and oxygen atoms in total. The van der Waals surface area contributed by atoms with Crippen molar-refractivity contribution >= 4 is 18.0 Å². The van der Waals surface area contributed by atoms with Crippen molar-refractivity contribution in [1.29, 1.82) is 0 Å². The Morgan fingerprint density at radius 3 is 2.18 bits per heavy atom. The van der Waals surface area contributed by atoms with Crippen LogP contribution in [0.2, 0.25) is 0 Å². The van der Waals surface area contributed by atoms with Gasteiger partial charge in [-0.3, -0.25) is 4.98 Å². The molecular formula is C22H32N2O10. The second-order valence-corrected chi connectivity index (χ2v) is 8.04. The monoisotopic (exact) mass is 484 g/mol. The number of aliphatic hydroxyl groups excluding tert-OH is 4. The zero-order valence-electron chi connectivity index (χ0n) is 18.6. The molecule has 0 saturated carbocycles. The molecule has 34 heavy (non-hydrogen) atoms. The maximum absolute atomic E-state index is 10.1. The Bertz CT molecular complexity index is 785. The third kappa shape index (κ3) is 8.97. The number of aliphatic hydroxyl groups is 4. The Labute approximate surface area is 196 Å². The fraction of sp³-hybridized carbons (Fsp3) is 0.591. The molecule has 12 heteroatoms. The topological polar surface area (TPSA) is 199 Å². The van der Waals surface area contributed by atoms with Crippen molar-refractivity contribution in [3.05, 3.63) is 30.1 Å². The highest BCUT2D eigenvalue weighted by Crippen LogP contribution is 2.19. The SMILES string of the molecule is C(=C\C1CCNC1)/c1cncc(OC2CCOCC2)c1.O=C(O)[C@@H](O)[C@H](O)[C@H](O)[C@@H](O)C(=O)O. The number of pyridine rings is 1. The van der Waals surface area contributed by atoms with Crippen LogP contribution in [0.15, 0.2) is 24.5 Å². The predicted octanol–water partition coefficient (Wildman–Crippen LogP) is -1.14. The molecule has 0 spiro atoms. The number of carbonyl (C=O) groups is 2. The minimum Gasteiger partial charge on any atom is -0.489 e. The van der Waals surface area contributed by atoms with E-state index in [1.165, 1.54) is 6.42 Å². The second kappa shape index (κ2) is 13.9. The first kappa shape index (κ1) is 27.6. The molecular weight excluding hydrogens is 452 g/mol. The highest BCUT2D eigenvalue weighted by atomic mass is 16.5. The molecule has 0 aromatic carbocycles. The lowest BCUT2D eigenvalue weighted by Crippen LogP contribution is -2.49. The van der Waals surface area contributed by atoms with Crippen LogP contribution in [0.3, 0.4) is 0 Å². The summed E-state index contributed by atoms with van der Waals surface area (Å²) in [6.45, 7) is 3.81. The van der Waals surface area contributed by atoms with Crippen LogP contribution < -0.4 is 10.1 Å². The minimum atomic E-state index is -2.36. The first-order chi connectivity index (χ1) is 16.2. The quantitative estimate of drug-likeness (QED) is 0.223. The zero-order chi connectivity index (χ0) is 25.1. The van der Waals surface area contributed by atoms with Gasteiger partial charge in [-0.25, -0.2) is 9.59 Å². The van der Waals surface area contributed by atoms with Gasteiger partial charge in [-0.05, 0) is 30.5 Å². The Morgan fingerprint density at radius 1 is 1.03 bits per heavy atom. The summed E-state index contributed by atoms with van der Waals surface area (Å²) in [7, 11) is 0. The summed E-state index contributed by atoms with van der Waals surface area (Å²) in [4.78, 5) is 24.4. The fourth-order valence-corrected chi connectivity index (χ4v) is 3.33. The summed E-state index contributed by atoms with van der Waals surface area (Å²) in [6, 6.07) is 2.07. The molecule has 5 atom stereocenters. The second-order valence-electron chi connectivity index (χ2n) is 8.04. The predicted molar refractivity (Wildman–Crippen MR) is 118 cm³/mol. The highest BCUT2D eigenvalue weighted by molar-refractivity contribution is 5.75. The van der Waals surface area contributed by atoms with Crippen molar-refractivity contribution in [1.82, 2.24) is 10.3 Å². The van der Waals surface area contributed by atoms with Gasteiger partial charge in [0.05, 0.1) is 19.4 Å². The van der Waals surface area contributed by atoms with E-state index in [2.05, 4.69) is 28.5 Å². The highest BCUT2D eigenvalue weighted by Gasteiger charge is 2.37. The molecule has 0 radical (unpaired) electrons. The molecule has 0 aliphatic carbocycles. The molecule has 3 heterocycles. The molecule has 0 bridgehead atoms. The van der Waals surface area contributed by atoms with Gasteiger partial charge < -0.3 is 45.4 Å². The van der Waals surface area contributed by atoms with Crippen LogP contribution in [0.25, 0.3) is 6.08 Å². The van der Waals surface area contributed by atoms with Gasteiger partial charge in [-0.1, -0.05) is 12.2 Å².